The predicted molar refractivity (Wildman–Crippen MR) is 74.0 cm³/mol. The lowest BCUT2D eigenvalue weighted by molar-refractivity contribution is -0.197. The molecule has 0 amide bonds. The molecule has 0 aromatic carbocycles. The summed E-state index contributed by atoms with van der Waals surface area (Å²) >= 11 is 6.01. The van der Waals surface area contributed by atoms with E-state index in [0.29, 0.717) is 11.2 Å². The van der Waals surface area contributed by atoms with Gasteiger partial charge in [0, 0.05) is 0 Å². The van der Waals surface area contributed by atoms with Crippen molar-refractivity contribution in [2.45, 2.75) is 44.2 Å². The Balaban J connectivity index is 1.77. The van der Waals surface area contributed by atoms with Crippen LogP contribution in [0.25, 0.3) is 11.2 Å². The Kier molecular flexibility index (Phi) is 3.12. The first-order chi connectivity index (χ1) is 10.5. The zero-order valence-electron chi connectivity index (χ0n) is 11.9. The highest BCUT2D eigenvalue weighted by atomic mass is 35.5. The van der Waals surface area contributed by atoms with Gasteiger partial charge in [0.25, 0.3) is 0 Å². The summed E-state index contributed by atoms with van der Waals surface area (Å²) in [6.45, 7) is 2.94. The summed E-state index contributed by atoms with van der Waals surface area (Å²) in [7, 11) is 0. The van der Waals surface area contributed by atoms with Crippen LogP contribution in [0.15, 0.2) is 12.7 Å². The Hall–Kier alpha value is -1.35. The Bertz CT molecular complexity index is 724. The number of halogens is 2. The number of rotatable bonds is 2. The molecule has 2 saturated heterocycles. The maximum absolute atomic E-state index is 13.2. The summed E-state index contributed by atoms with van der Waals surface area (Å²) in [5, 5.41) is 0.254. The van der Waals surface area contributed by atoms with Crippen molar-refractivity contribution >= 4 is 22.8 Å². The lowest BCUT2D eigenvalue weighted by atomic mass is 10.1. The van der Waals surface area contributed by atoms with E-state index in [2.05, 4.69) is 15.0 Å². The average molecular weight is 329 g/mol. The van der Waals surface area contributed by atoms with Crippen molar-refractivity contribution in [3.8, 4) is 0 Å². The molecule has 9 heteroatoms. The molecule has 2 aromatic heterocycles. The molecule has 0 unspecified atom stereocenters. The van der Waals surface area contributed by atoms with E-state index in [1.807, 2.05) is 0 Å². The van der Waals surface area contributed by atoms with E-state index in [-0.39, 0.29) is 5.15 Å². The summed E-state index contributed by atoms with van der Waals surface area (Å²) < 4.78 is 32.3. The van der Waals surface area contributed by atoms with Gasteiger partial charge in [0.05, 0.1) is 6.33 Å². The van der Waals surface area contributed by atoms with Crippen molar-refractivity contribution in [2.24, 2.45) is 0 Å². The third-order valence-corrected chi connectivity index (χ3v) is 4.14. The highest BCUT2D eigenvalue weighted by Crippen LogP contribution is 2.43. The van der Waals surface area contributed by atoms with E-state index in [9.17, 15) is 4.39 Å². The summed E-state index contributed by atoms with van der Waals surface area (Å²) in [6, 6.07) is 0. The van der Waals surface area contributed by atoms with Gasteiger partial charge in [0.15, 0.2) is 22.8 Å². The molecule has 0 radical (unpaired) electrons. The zero-order valence-corrected chi connectivity index (χ0v) is 12.7. The number of hydrogen-bond acceptors (Lipinski definition) is 6. The Morgan fingerprint density at radius 2 is 2.05 bits per heavy atom. The fourth-order valence-corrected chi connectivity index (χ4v) is 3.19. The maximum Gasteiger partial charge on any atom is 0.167 e. The van der Waals surface area contributed by atoms with Gasteiger partial charge in [-0.05, 0) is 13.8 Å². The van der Waals surface area contributed by atoms with Crippen LogP contribution in [0.4, 0.5) is 4.39 Å². The largest absolute Gasteiger partial charge is 0.346 e. The van der Waals surface area contributed by atoms with Gasteiger partial charge < -0.3 is 14.2 Å². The van der Waals surface area contributed by atoms with Gasteiger partial charge in [-0.15, -0.1) is 0 Å². The van der Waals surface area contributed by atoms with Crippen LogP contribution in [0.1, 0.15) is 20.1 Å². The van der Waals surface area contributed by atoms with Crippen LogP contribution in [0.5, 0.6) is 0 Å². The van der Waals surface area contributed by atoms with Crippen LogP contribution in [0, 0.1) is 0 Å². The SMILES string of the molecule is CC1(C)O[C@@H]2[C@H](O1)[C@@H](CF)O[C@H]2n1cnc2c(Cl)ncnc21. The number of hydrogen-bond donors (Lipinski definition) is 0. The summed E-state index contributed by atoms with van der Waals surface area (Å²) in [4.78, 5) is 12.3. The highest BCUT2D eigenvalue weighted by Gasteiger charge is 2.56. The molecule has 0 aliphatic carbocycles. The first-order valence-electron chi connectivity index (χ1n) is 6.90. The first-order valence-corrected chi connectivity index (χ1v) is 7.28. The van der Waals surface area contributed by atoms with E-state index in [1.54, 1.807) is 24.7 Å². The minimum atomic E-state index is -0.784. The Morgan fingerprint density at radius 3 is 2.82 bits per heavy atom. The van der Waals surface area contributed by atoms with Crippen molar-refractivity contribution < 1.29 is 18.6 Å². The molecule has 2 aliphatic rings. The van der Waals surface area contributed by atoms with Crippen molar-refractivity contribution in [3.05, 3.63) is 17.8 Å². The number of ether oxygens (including phenoxy) is 3. The predicted octanol–water partition coefficient (Wildman–Crippen LogP) is 1.87. The second-order valence-electron chi connectivity index (χ2n) is 5.77. The van der Waals surface area contributed by atoms with Gasteiger partial charge in [-0.1, -0.05) is 11.6 Å². The molecule has 2 aliphatic heterocycles. The second kappa shape index (κ2) is 4.82. The normalized spacial score (nSPS) is 33.5. The average Bonchev–Trinajstić information content (AvgIpc) is 3.10. The van der Waals surface area contributed by atoms with Crippen molar-refractivity contribution in [2.75, 3.05) is 6.67 Å². The van der Waals surface area contributed by atoms with Crippen LogP contribution in [0.3, 0.4) is 0 Å². The topological polar surface area (TPSA) is 71.3 Å². The summed E-state index contributed by atoms with van der Waals surface area (Å²) in [5.41, 5.74) is 0.975. The molecule has 4 heterocycles. The van der Waals surface area contributed by atoms with Crippen molar-refractivity contribution in [3.63, 3.8) is 0 Å². The fraction of sp³-hybridized carbons (Fsp3) is 0.615. The van der Waals surface area contributed by atoms with Gasteiger partial charge in [-0.3, -0.25) is 4.57 Å². The van der Waals surface area contributed by atoms with Gasteiger partial charge >= 0.3 is 0 Å². The molecule has 0 N–H and O–H groups in total. The first kappa shape index (κ1) is 14.3. The third kappa shape index (κ3) is 2.02. The van der Waals surface area contributed by atoms with Crippen LogP contribution < -0.4 is 0 Å². The number of fused-ring (bicyclic) bond motifs is 2. The molecule has 0 bridgehead atoms. The number of nitrogens with zero attached hydrogens (tertiary/aromatic N) is 4. The molecule has 118 valence electrons. The van der Waals surface area contributed by atoms with Gasteiger partial charge in [-0.2, -0.15) is 0 Å². The zero-order chi connectivity index (χ0) is 15.5. The van der Waals surface area contributed by atoms with Gasteiger partial charge in [0.2, 0.25) is 0 Å². The molecule has 7 nitrogen and oxygen atoms in total. The quantitative estimate of drug-likeness (QED) is 0.784. The Morgan fingerprint density at radius 1 is 1.27 bits per heavy atom. The molecule has 22 heavy (non-hydrogen) atoms. The van der Waals surface area contributed by atoms with Gasteiger partial charge in [-0.25, -0.2) is 19.3 Å². The van der Waals surface area contributed by atoms with Crippen LogP contribution in [-0.4, -0.2) is 50.3 Å². The smallest absolute Gasteiger partial charge is 0.167 e. The fourth-order valence-electron chi connectivity index (χ4n) is 3.02. The van der Waals surface area contributed by atoms with E-state index in [4.69, 9.17) is 25.8 Å². The van der Waals surface area contributed by atoms with Crippen LogP contribution in [0.2, 0.25) is 5.15 Å². The van der Waals surface area contributed by atoms with Crippen LogP contribution in [-0.2, 0) is 14.2 Å². The van der Waals surface area contributed by atoms with E-state index in [0.717, 1.165) is 0 Å². The molecule has 2 aromatic rings. The molecule has 4 rings (SSSR count). The number of alkyl halides is 1. The molecule has 4 atom stereocenters. The van der Waals surface area contributed by atoms with Crippen molar-refractivity contribution in [1.29, 1.82) is 0 Å². The van der Waals surface area contributed by atoms with E-state index in [1.165, 1.54) is 6.33 Å². The molecule has 0 saturated carbocycles. The van der Waals surface area contributed by atoms with Crippen molar-refractivity contribution in [1.82, 2.24) is 19.5 Å². The molecular formula is C13H14ClFN4O3. The molecule has 0 spiro atoms. The number of imidazole rings is 1. The van der Waals surface area contributed by atoms with E-state index < -0.39 is 37.0 Å². The summed E-state index contributed by atoms with van der Waals surface area (Å²) in [6.07, 6.45) is 0.705. The standard InChI is InChI=1S/C13H14ClFN4O3/c1-13(2)21-8-6(3-15)20-12(9(8)22-13)19-5-18-7-10(14)16-4-17-11(7)19/h4-6,8-9,12H,3H2,1-2H3/t6-,8-,9-,12-/m1/s1. The Labute approximate surface area is 130 Å². The minimum Gasteiger partial charge on any atom is -0.346 e. The van der Waals surface area contributed by atoms with Crippen LogP contribution >= 0.6 is 11.6 Å². The minimum absolute atomic E-state index is 0.254. The van der Waals surface area contributed by atoms with E-state index >= 15 is 0 Å². The monoisotopic (exact) mass is 328 g/mol. The second-order valence-corrected chi connectivity index (χ2v) is 6.13. The lowest BCUT2D eigenvalue weighted by Crippen LogP contribution is -2.30. The molecular weight excluding hydrogens is 315 g/mol. The maximum atomic E-state index is 13.2. The lowest BCUT2D eigenvalue weighted by Gasteiger charge is -2.23. The molecule has 2 fully saturated rings. The summed E-state index contributed by atoms with van der Waals surface area (Å²) in [5.74, 6) is -0.784. The highest BCUT2D eigenvalue weighted by molar-refractivity contribution is 6.33. The number of aromatic nitrogens is 4. The van der Waals surface area contributed by atoms with Gasteiger partial charge in [0.1, 0.15) is 36.8 Å². The third-order valence-electron chi connectivity index (χ3n) is 3.87.